The number of benzene rings is 2. The van der Waals surface area contributed by atoms with Crippen molar-refractivity contribution >= 4 is 5.69 Å². The lowest BCUT2D eigenvalue weighted by Gasteiger charge is -2.04. The Balaban J connectivity index is 1.59. The van der Waals surface area contributed by atoms with E-state index in [0.717, 1.165) is 30.0 Å². The summed E-state index contributed by atoms with van der Waals surface area (Å²) >= 11 is 0. The van der Waals surface area contributed by atoms with Crippen molar-refractivity contribution in [2.24, 2.45) is 0 Å². The molecule has 0 bridgehead atoms. The zero-order valence-electron chi connectivity index (χ0n) is 12.8. The summed E-state index contributed by atoms with van der Waals surface area (Å²) in [5.41, 5.74) is 4.52. The molecular formula is C18H19N3O. The van der Waals surface area contributed by atoms with Gasteiger partial charge in [-0.2, -0.15) is 4.98 Å². The maximum atomic E-state index is 5.32. The normalized spacial score (nSPS) is 10.6. The van der Waals surface area contributed by atoms with E-state index >= 15 is 0 Å². The van der Waals surface area contributed by atoms with Crippen LogP contribution in [-0.2, 0) is 6.42 Å². The third-order valence-electron chi connectivity index (χ3n) is 3.46. The fourth-order valence-corrected chi connectivity index (χ4v) is 2.24. The molecular weight excluding hydrogens is 274 g/mol. The van der Waals surface area contributed by atoms with E-state index in [0.29, 0.717) is 5.89 Å². The molecule has 0 aliphatic heterocycles. The third kappa shape index (κ3) is 3.52. The predicted octanol–water partition coefficient (Wildman–Crippen LogP) is 4.01. The van der Waals surface area contributed by atoms with Crippen LogP contribution in [0.5, 0.6) is 0 Å². The van der Waals surface area contributed by atoms with Crippen LogP contribution in [0.1, 0.15) is 17.0 Å². The molecule has 4 nitrogen and oxygen atoms in total. The Bertz CT molecular complexity index is 747. The maximum Gasteiger partial charge on any atom is 0.257 e. The van der Waals surface area contributed by atoms with Crippen molar-refractivity contribution in [1.82, 2.24) is 10.1 Å². The second kappa shape index (κ2) is 6.43. The number of rotatable bonds is 5. The quantitative estimate of drug-likeness (QED) is 0.772. The van der Waals surface area contributed by atoms with Crippen LogP contribution < -0.4 is 5.32 Å². The minimum absolute atomic E-state index is 0.575. The van der Waals surface area contributed by atoms with E-state index in [9.17, 15) is 0 Å². The van der Waals surface area contributed by atoms with Gasteiger partial charge in [0.15, 0.2) is 5.82 Å². The standard InChI is InChI=1S/C18H19N3O/c1-13-6-8-15(9-7-13)18-20-17(21-22-18)10-11-19-16-5-3-4-14(2)12-16/h3-9,12,19H,10-11H2,1-2H3. The van der Waals surface area contributed by atoms with Crippen molar-refractivity contribution < 1.29 is 4.52 Å². The summed E-state index contributed by atoms with van der Waals surface area (Å²) in [6.07, 6.45) is 0.725. The van der Waals surface area contributed by atoms with Crippen LogP contribution in [0.25, 0.3) is 11.5 Å². The Morgan fingerprint density at radius 1 is 1.00 bits per heavy atom. The van der Waals surface area contributed by atoms with E-state index in [4.69, 9.17) is 4.52 Å². The number of aryl methyl sites for hydroxylation is 2. The molecule has 22 heavy (non-hydrogen) atoms. The number of hydrogen-bond donors (Lipinski definition) is 1. The Morgan fingerprint density at radius 3 is 2.59 bits per heavy atom. The van der Waals surface area contributed by atoms with Gasteiger partial charge < -0.3 is 9.84 Å². The van der Waals surface area contributed by atoms with Gasteiger partial charge in [-0.25, -0.2) is 0 Å². The molecule has 0 amide bonds. The predicted molar refractivity (Wildman–Crippen MR) is 87.8 cm³/mol. The van der Waals surface area contributed by atoms with E-state index in [1.807, 2.05) is 30.3 Å². The molecule has 112 valence electrons. The monoisotopic (exact) mass is 293 g/mol. The van der Waals surface area contributed by atoms with Gasteiger partial charge in [0, 0.05) is 24.2 Å². The number of aromatic nitrogens is 2. The zero-order chi connectivity index (χ0) is 15.4. The van der Waals surface area contributed by atoms with Crippen molar-refractivity contribution in [2.45, 2.75) is 20.3 Å². The lowest BCUT2D eigenvalue weighted by Crippen LogP contribution is -2.05. The molecule has 0 saturated heterocycles. The first kappa shape index (κ1) is 14.3. The van der Waals surface area contributed by atoms with Crippen molar-refractivity contribution in [3.8, 4) is 11.5 Å². The second-order valence-corrected chi connectivity index (χ2v) is 5.43. The highest BCUT2D eigenvalue weighted by molar-refractivity contribution is 5.53. The Hall–Kier alpha value is -2.62. The van der Waals surface area contributed by atoms with Crippen molar-refractivity contribution in [2.75, 3.05) is 11.9 Å². The lowest BCUT2D eigenvalue weighted by atomic mass is 10.1. The summed E-state index contributed by atoms with van der Waals surface area (Å²) in [7, 11) is 0. The smallest absolute Gasteiger partial charge is 0.257 e. The Kier molecular flexibility index (Phi) is 4.19. The highest BCUT2D eigenvalue weighted by Gasteiger charge is 2.08. The van der Waals surface area contributed by atoms with Gasteiger partial charge in [0.25, 0.3) is 5.89 Å². The Morgan fingerprint density at radius 2 is 1.82 bits per heavy atom. The molecule has 3 aromatic rings. The molecule has 0 atom stereocenters. The van der Waals surface area contributed by atoms with Gasteiger partial charge in [0.1, 0.15) is 0 Å². The van der Waals surface area contributed by atoms with Gasteiger partial charge in [0.2, 0.25) is 0 Å². The largest absolute Gasteiger partial charge is 0.385 e. The van der Waals surface area contributed by atoms with Gasteiger partial charge in [-0.3, -0.25) is 0 Å². The van der Waals surface area contributed by atoms with Crippen LogP contribution in [0.15, 0.2) is 53.1 Å². The fraction of sp³-hybridized carbons (Fsp3) is 0.222. The first-order chi connectivity index (χ1) is 10.7. The minimum Gasteiger partial charge on any atom is -0.385 e. The molecule has 1 N–H and O–H groups in total. The average Bonchev–Trinajstić information content (AvgIpc) is 2.97. The van der Waals surface area contributed by atoms with Crippen molar-refractivity contribution in [1.29, 1.82) is 0 Å². The number of nitrogens with zero attached hydrogens (tertiary/aromatic N) is 2. The first-order valence-corrected chi connectivity index (χ1v) is 7.41. The van der Waals surface area contributed by atoms with E-state index in [-0.39, 0.29) is 0 Å². The highest BCUT2D eigenvalue weighted by atomic mass is 16.5. The van der Waals surface area contributed by atoms with Crippen LogP contribution in [-0.4, -0.2) is 16.7 Å². The summed E-state index contributed by atoms with van der Waals surface area (Å²) in [6.45, 7) is 4.91. The average molecular weight is 293 g/mol. The minimum atomic E-state index is 0.575. The highest BCUT2D eigenvalue weighted by Crippen LogP contribution is 2.17. The van der Waals surface area contributed by atoms with Crippen LogP contribution >= 0.6 is 0 Å². The van der Waals surface area contributed by atoms with E-state index < -0.39 is 0 Å². The molecule has 0 saturated carbocycles. The number of anilines is 1. The summed E-state index contributed by atoms with van der Waals surface area (Å²) in [5, 5.41) is 7.41. The number of hydrogen-bond acceptors (Lipinski definition) is 4. The molecule has 0 spiro atoms. The summed E-state index contributed by atoms with van der Waals surface area (Å²) < 4.78 is 5.32. The van der Waals surface area contributed by atoms with Gasteiger partial charge in [-0.1, -0.05) is 35.0 Å². The second-order valence-electron chi connectivity index (χ2n) is 5.43. The number of nitrogens with one attached hydrogen (secondary N) is 1. The molecule has 3 rings (SSSR count). The van der Waals surface area contributed by atoms with Crippen LogP contribution in [0.4, 0.5) is 5.69 Å². The van der Waals surface area contributed by atoms with E-state index in [2.05, 4.69) is 47.5 Å². The third-order valence-corrected chi connectivity index (χ3v) is 3.46. The Labute approximate surface area is 130 Å². The van der Waals surface area contributed by atoms with Gasteiger partial charge in [-0.05, 0) is 43.7 Å². The molecule has 0 unspecified atom stereocenters. The van der Waals surface area contributed by atoms with Crippen molar-refractivity contribution in [3.63, 3.8) is 0 Å². The van der Waals surface area contributed by atoms with Crippen LogP contribution in [0, 0.1) is 13.8 Å². The van der Waals surface area contributed by atoms with Crippen molar-refractivity contribution in [3.05, 3.63) is 65.5 Å². The van der Waals surface area contributed by atoms with Crippen LogP contribution in [0.2, 0.25) is 0 Å². The lowest BCUT2D eigenvalue weighted by molar-refractivity contribution is 0.423. The SMILES string of the molecule is Cc1ccc(-c2nc(CCNc3cccc(C)c3)no2)cc1. The molecule has 0 aliphatic carbocycles. The van der Waals surface area contributed by atoms with E-state index in [1.165, 1.54) is 11.1 Å². The summed E-state index contributed by atoms with van der Waals surface area (Å²) in [6, 6.07) is 16.4. The molecule has 2 aromatic carbocycles. The maximum absolute atomic E-state index is 5.32. The van der Waals surface area contributed by atoms with Gasteiger partial charge in [0.05, 0.1) is 0 Å². The van der Waals surface area contributed by atoms with Gasteiger partial charge in [-0.15, -0.1) is 0 Å². The molecule has 4 heteroatoms. The molecule has 0 fully saturated rings. The molecule has 1 heterocycles. The van der Waals surface area contributed by atoms with E-state index in [1.54, 1.807) is 0 Å². The summed E-state index contributed by atoms with van der Waals surface area (Å²) in [5.74, 6) is 1.29. The fourth-order valence-electron chi connectivity index (χ4n) is 2.24. The zero-order valence-corrected chi connectivity index (χ0v) is 12.8. The molecule has 0 radical (unpaired) electrons. The molecule has 0 aliphatic rings. The molecule has 1 aromatic heterocycles. The van der Waals surface area contributed by atoms with Gasteiger partial charge >= 0.3 is 0 Å². The first-order valence-electron chi connectivity index (χ1n) is 7.41. The summed E-state index contributed by atoms with van der Waals surface area (Å²) in [4.78, 5) is 4.44. The van der Waals surface area contributed by atoms with Crippen LogP contribution in [0.3, 0.4) is 0 Å². The topological polar surface area (TPSA) is 51.0 Å².